The molecule has 3 fully saturated rings. The molecule has 180 valence electrons. The molecule has 0 aliphatic carbocycles. The topological polar surface area (TPSA) is 107 Å². The number of hydrogen-bond acceptors (Lipinski definition) is 6. The average molecular weight is 467 g/mol. The van der Waals surface area contributed by atoms with E-state index in [0.717, 1.165) is 43.7 Å². The second-order valence-electron chi connectivity index (χ2n) is 9.72. The minimum Gasteiger partial charge on any atom is -0.371 e. The minimum absolute atomic E-state index is 0.0976. The van der Waals surface area contributed by atoms with Crippen LogP contribution in [0, 0.1) is 5.92 Å². The first-order valence-corrected chi connectivity index (χ1v) is 12.3. The molecule has 5 amide bonds. The Bertz CT molecular complexity index is 1040. The summed E-state index contributed by atoms with van der Waals surface area (Å²) in [7, 11) is 0. The predicted octanol–water partition coefficient (Wildman–Crippen LogP) is 1.71. The zero-order valence-corrected chi connectivity index (χ0v) is 19.3. The second-order valence-corrected chi connectivity index (χ2v) is 9.72. The molecule has 0 aromatic heterocycles. The van der Waals surface area contributed by atoms with Gasteiger partial charge in [0.15, 0.2) is 0 Å². The van der Waals surface area contributed by atoms with Crippen LogP contribution in [0.1, 0.15) is 72.1 Å². The van der Waals surface area contributed by atoms with E-state index >= 15 is 0 Å². The monoisotopic (exact) mass is 466 g/mol. The Morgan fingerprint density at radius 3 is 2.35 bits per heavy atom. The Kier molecular flexibility index (Phi) is 6.10. The number of rotatable bonds is 4. The van der Waals surface area contributed by atoms with Gasteiger partial charge in [0, 0.05) is 39.0 Å². The number of nitrogens with zero attached hydrogens (tertiary/aromatic N) is 3. The SMILES string of the molecule is O=C1CCC(N2C(=O)c3cccc(N4CCC(CC(=O)N5CCCCC5)CC4)c3C2=O)C(=O)N1. The number of imide groups is 2. The zero-order valence-electron chi connectivity index (χ0n) is 19.3. The van der Waals surface area contributed by atoms with Gasteiger partial charge in [-0.15, -0.1) is 0 Å². The summed E-state index contributed by atoms with van der Waals surface area (Å²) in [6, 6.07) is 4.26. The van der Waals surface area contributed by atoms with E-state index in [-0.39, 0.29) is 24.7 Å². The molecule has 0 saturated carbocycles. The number of benzene rings is 1. The summed E-state index contributed by atoms with van der Waals surface area (Å²) in [4.78, 5) is 68.0. The molecule has 1 atom stereocenters. The first kappa shape index (κ1) is 22.6. The number of carbonyl (C=O) groups is 5. The third-order valence-corrected chi connectivity index (χ3v) is 7.57. The quantitative estimate of drug-likeness (QED) is 0.677. The molecule has 1 aromatic carbocycles. The van der Waals surface area contributed by atoms with Gasteiger partial charge in [-0.05, 0) is 56.6 Å². The number of fused-ring (bicyclic) bond motifs is 1. The van der Waals surface area contributed by atoms with Crippen molar-refractivity contribution >= 4 is 35.2 Å². The van der Waals surface area contributed by atoms with Gasteiger partial charge in [0.05, 0.1) is 16.8 Å². The van der Waals surface area contributed by atoms with Crippen LogP contribution in [0.25, 0.3) is 0 Å². The van der Waals surface area contributed by atoms with Gasteiger partial charge in [-0.2, -0.15) is 0 Å². The van der Waals surface area contributed by atoms with E-state index < -0.39 is 23.8 Å². The summed E-state index contributed by atoms with van der Waals surface area (Å²) in [6.45, 7) is 3.14. The molecule has 5 rings (SSSR count). The van der Waals surface area contributed by atoms with Gasteiger partial charge < -0.3 is 9.80 Å². The molecule has 0 radical (unpaired) electrons. The van der Waals surface area contributed by atoms with Crippen LogP contribution in [0.3, 0.4) is 0 Å². The maximum atomic E-state index is 13.3. The van der Waals surface area contributed by atoms with Crippen molar-refractivity contribution in [1.29, 1.82) is 0 Å². The van der Waals surface area contributed by atoms with Gasteiger partial charge in [0.2, 0.25) is 17.7 Å². The number of nitrogens with one attached hydrogen (secondary N) is 1. The Labute approximate surface area is 198 Å². The first-order chi connectivity index (χ1) is 16.4. The summed E-state index contributed by atoms with van der Waals surface area (Å²) in [5, 5.41) is 2.23. The van der Waals surface area contributed by atoms with Crippen molar-refractivity contribution in [3.8, 4) is 0 Å². The lowest BCUT2D eigenvalue weighted by molar-refractivity contribution is -0.136. The highest BCUT2D eigenvalue weighted by atomic mass is 16.2. The van der Waals surface area contributed by atoms with Crippen LogP contribution >= 0.6 is 0 Å². The van der Waals surface area contributed by atoms with E-state index in [1.807, 2.05) is 11.0 Å². The molecule has 34 heavy (non-hydrogen) atoms. The van der Waals surface area contributed by atoms with E-state index in [2.05, 4.69) is 10.2 Å². The summed E-state index contributed by atoms with van der Waals surface area (Å²) in [5.41, 5.74) is 1.33. The fraction of sp³-hybridized carbons (Fsp3) is 0.560. The molecule has 1 aromatic rings. The minimum atomic E-state index is -0.968. The van der Waals surface area contributed by atoms with Crippen LogP contribution in [0.2, 0.25) is 0 Å². The van der Waals surface area contributed by atoms with Gasteiger partial charge >= 0.3 is 0 Å². The highest BCUT2D eigenvalue weighted by molar-refractivity contribution is 6.25. The standard InChI is InChI=1S/C25H30N4O5/c30-20-8-7-19(23(32)26-20)29-24(33)17-5-4-6-18(22(17)25(29)34)27-13-9-16(10-14-27)15-21(31)28-11-2-1-3-12-28/h4-6,16,19H,1-3,7-15H2,(H,26,30,32). The molecule has 0 bridgehead atoms. The largest absolute Gasteiger partial charge is 0.371 e. The Balaban J connectivity index is 1.27. The molecule has 4 aliphatic rings. The third kappa shape index (κ3) is 4.08. The average Bonchev–Trinajstić information content (AvgIpc) is 3.10. The van der Waals surface area contributed by atoms with Gasteiger partial charge in [-0.25, -0.2) is 0 Å². The van der Waals surface area contributed by atoms with Gasteiger partial charge in [0.25, 0.3) is 11.8 Å². The Hall–Kier alpha value is -3.23. The number of amides is 5. The summed E-state index contributed by atoms with van der Waals surface area (Å²) < 4.78 is 0. The van der Waals surface area contributed by atoms with Crippen LogP contribution in [0.15, 0.2) is 18.2 Å². The molecule has 9 heteroatoms. The first-order valence-electron chi connectivity index (χ1n) is 12.3. The fourth-order valence-electron chi connectivity index (χ4n) is 5.66. The summed E-state index contributed by atoms with van der Waals surface area (Å²) in [6.07, 6.45) is 5.89. The predicted molar refractivity (Wildman–Crippen MR) is 123 cm³/mol. The Morgan fingerprint density at radius 2 is 1.65 bits per heavy atom. The molecule has 1 N–H and O–H groups in total. The number of carbonyl (C=O) groups excluding carboxylic acids is 5. The number of anilines is 1. The van der Waals surface area contributed by atoms with E-state index in [4.69, 9.17) is 0 Å². The van der Waals surface area contributed by atoms with Crippen molar-refractivity contribution in [2.75, 3.05) is 31.1 Å². The van der Waals surface area contributed by atoms with Crippen molar-refractivity contribution in [2.45, 2.75) is 57.4 Å². The molecule has 9 nitrogen and oxygen atoms in total. The summed E-state index contributed by atoms with van der Waals surface area (Å²) >= 11 is 0. The van der Waals surface area contributed by atoms with Gasteiger partial charge in [-0.1, -0.05) is 6.07 Å². The van der Waals surface area contributed by atoms with Crippen LogP contribution in [0.5, 0.6) is 0 Å². The maximum absolute atomic E-state index is 13.3. The van der Waals surface area contributed by atoms with Crippen LogP contribution in [-0.2, 0) is 14.4 Å². The van der Waals surface area contributed by atoms with Crippen molar-refractivity contribution in [1.82, 2.24) is 15.1 Å². The van der Waals surface area contributed by atoms with E-state index in [9.17, 15) is 24.0 Å². The van der Waals surface area contributed by atoms with Crippen LogP contribution < -0.4 is 10.2 Å². The lowest BCUT2D eigenvalue weighted by Crippen LogP contribution is -2.54. The van der Waals surface area contributed by atoms with Crippen molar-refractivity contribution in [3.05, 3.63) is 29.3 Å². The fourth-order valence-corrected chi connectivity index (χ4v) is 5.66. The number of piperidine rings is 3. The molecular weight excluding hydrogens is 436 g/mol. The molecule has 4 heterocycles. The normalized spacial score (nSPS) is 23.9. The molecule has 0 spiro atoms. The maximum Gasteiger partial charge on any atom is 0.264 e. The van der Waals surface area contributed by atoms with E-state index in [1.165, 1.54) is 6.42 Å². The molecule has 4 aliphatic heterocycles. The molecular formula is C25H30N4O5. The third-order valence-electron chi connectivity index (χ3n) is 7.57. The smallest absolute Gasteiger partial charge is 0.264 e. The lowest BCUT2D eigenvalue weighted by Gasteiger charge is -2.35. The van der Waals surface area contributed by atoms with Crippen molar-refractivity contribution < 1.29 is 24.0 Å². The Morgan fingerprint density at radius 1 is 0.912 bits per heavy atom. The van der Waals surface area contributed by atoms with Crippen LogP contribution in [-0.4, -0.2) is 71.6 Å². The van der Waals surface area contributed by atoms with Crippen LogP contribution in [0.4, 0.5) is 5.69 Å². The number of likely N-dealkylation sites (tertiary alicyclic amines) is 1. The van der Waals surface area contributed by atoms with Crippen molar-refractivity contribution in [3.63, 3.8) is 0 Å². The second kappa shape index (κ2) is 9.19. The van der Waals surface area contributed by atoms with E-state index in [1.54, 1.807) is 12.1 Å². The van der Waals surface area contributed by atoms with Crippen molar-refractivity contribution in [2.24, 2.45) is 5.92 Å². The summed E-state index contributed by atoms with van der Waals surface area (Å²) in [5.74, 6) is -1.39. The number of hydrogen-bond donors (Lipinski definition) is 1. The lowest BCUT2D eigenvalue weighted by atomic mass is 9.91. The highest BCUT2D eigenvalue weighted by Gasteiger charge is 2.46. The molecule has 3 saturated heterocycles. The highest BCUT2D eigenvalue weighted by Crippen LogP contribution is 2.36. The molecule has 1 unspecified atom stereocenters. The van der Waals surface area contributed by atoms with Gasteiger partial charge in [-0.3, -0.25) is 34.2 Å². The zero-order chi connectivity index (χ0) is 23.8. The van der Waals surface area contributed by atoms with E-state index in [0.29, 0.717) is 42.2 Å². The van der Waals surface area contributed by atoms with Gasteiger partial charge in [0.1, 0.15) is 6.04 Å².